The van der Waals surface area contributed by atoms with E-state index in [0.717, 1.165) is 43.3 Å². The van der Waals surface area contributed by atoms with Gasteiger partial charge in [-0.1, -0.05) is 66.4 Å². The van der Waals surface area contributed by atoms with Gasteiger partial charge in [0.15, 0.2) is 6.29 Å². The molecule has 0 aliphatic heterocycles. The molecule has 0 bridgehead atoms. The van der Waals surface area contributed by atoms with Crippen molar-refractivity contribution in [2.75, 3.05) is 0 Å². The van der Waals surface area contributed by atoms with Crippen molar-refractivity contribution in [2.24, 2.45) is 0 Å². The van der Waals surface area contributed by atoms with Crippen LogP contribution in [0.15, 0.2) is 82.8 Å². The van der Waals surface area contributed by atoms with E-state index in [2.05, 4.69) is 17.1 Å². The van der Waals surface area contributed by atoms with Gasteiger partial charge in [-0.25, -0.2) is 4.98 Å². The Kier molecular flexibility index (Phi) is 3.56. The maximum absolute atomic E-state index is 11.7. The van der Waals surface area contributed by atoms with Crippen LogP contribution in [0.4, 0.5) is 0 Å². The summed E-state index contributed by atoms with van der Waals surface area (Å²) in [6.45, 7) is 0. The molecule has 0 aliphatic carbocycles. The van der Waals surface area contributed by atoms with Gasteiger partial charge in [-0.15, -0.1) is 0 Å². The molecule has 4 rings (SSSR count). The minimum Gasteiger partial charge on any atom is -0.298 e. The van der Waals surface area contributed by atoms with Crippen LogP contribution in [0.25, 0.3) is 21.5 Å². The summed E-state index contributed by atoms with van der Waals surface area (Å²) in [6, 6.07) is 22.0. The fourth-order valence-electron chi connectivity index (χ4n) is 2.87. The van der Waals surface area contributed by atoms with Crippen LogP contribution in [0.3, 0.4) is 0 Å². The van der Waals surface area contributed by atoms with E-state index in [1.165, 1.54) is 0 Å². The van der Waals surface area contributed by atoms with Crippen molar-refractivity contribution < 1.29 is 4.79 Å². The summed E-state index contributed by atoms with van der Waals surface area (Å²) in [7, 11) is 0. The van der Waals surface area contributed by atoms with E-state index in [-0.39, 0.29) is 0 Å². The van der Waals surface area contributed by atoms with Gasteiger partial charge in [-0.2, -0.15) is 0 Å². The molecule has 3 heteroatoms. The summed E-state index contributed by atoms with van der Waals surface area (Å²) in [5.41, 5.74) is 0.751. The van der Waals surface area contributed by atoms with Crippen molar-refractivity contribution in [1.29, 1.82) is 0 Å². The Labute approximate surface area is 138 Å². The van der Waals surface area contributed by atoms with Crippen molar-refractivity contribution in [1.82, 2.24) is 4.98 Å². The van der Waals surface area contributed by atoms with Gasteiger partial charge in [0.05, 0.1) is 0 Å². The lowest BCUT2D eigenvalue weighted by molar-refractivity contribution is 0.112. The molecule has 3 aromatic carbocycles. The van der Waals surface area contributed by atoms with Crippen LogP contribution >= 0.6 is 11.8 Å². The van der Waals surface area contributed by atoms with Gasteiger partial charge in [-0.05, 0) is 33.7 Å². The number of carbonyl (C=O) groups is 1. The molecule has 23 heavy (non-hydrogen) atoms. The Morgan fingerprint density at radius 1 is 0.739 bits per heavy atom. The van der Waals surface area contributed by atoms with Gasteiger partial charge in [0.25, 0.3) is 0 Å². The fourth-order valence-corrected chi connectivity index (χ4v) is 3.92. The molecule has 0 saturated heterocycles. The van der Waals surface area contributed by atoms with Crippen LogP contribution in [0, 0.1) is 0 Å². The van der Waals surface area contributed by atoms with E-state index in [4.69, 9.17) is 0 Å². The highest BCUT2D eigenvalue weighted by molar-refractivity contribution is 7.99. The first kappa shape index (κ1) is 14.0. The molecular weight excluding hydrogens is 302 g/mol. The summed E-state index contributed by atoms with van der Waals surface area (Å²) in [5, 5.41) is 5.09. The summed E-state index contributed by atoms with van der Waals surface area (Å²) in [4.78, 5) is 17.2. The molecule has 0 saturated carbocycles. The molecule has 0 unspecified atom stereocenters. The van der Waals surface area contributed by atoms with E-state index < -0.39 is 0 Å². The number of pyridine rings is 1. The van der Waals surface area contributed by atoms with Crippen molar-refractivity contribution in [3.8, 4) is 0 Å². The van der Waals surface area contributed by atoms with Crippen molar-refractivity contribution >= 4 is 39.6 Å². The quantitative estimate of drug-likeness (QED) is 0.377. The first-order valence-electron chi connectivity index (χ1n) is 7.36. The molecule has 0 atom stereocenters. The molecule has 0 aliphatic rings. The minimum absolute atomic E-state index is 0.751. The third kappa shape index (κ3) is 2.39. The van der Waals surface area contributed by atoms with Crippen molar-refractivity contribution in [3.63, 3.8) is 0 Å². The molecule has 0 spiro atoms. The molecule has 0 amide bonds. The first-order valence-corrected chi connectivity index (χ1v) is 8.17. The predicted octanol–water partition coefficient (Wildman–Crippen LogP) is 5.35. The molecule has 0 fully saturated rings. The largest absolute Gasteiger partial charge is 0.298 e. The Morgan fingerprint density at radius 3 is 1.83 bits per heavy atom. The van der Waals surface area contributed by atoms with E-state index >= 15 is 0 Å². The molecule has 0 radical (unpaired) electrons. The van der Waals surface area contributed by atoms with Gasteiger partial charge < -0.3 is 0 Å². The standard InChI is InChI=1S/C20H13NOS/c22-13-18-14-7-1-3-9-16(14)20(17-10-4-2-8-15(17)18)23-19-11-5-6-12-21-19/h1-13H. The fraction of sp³-hybridized carbons (Fsp3) is 0. The van der Waals surface area contributed by atoms with E-state index in [9.17, 15) is 4.79 Å². The molecule has 4 aromatic rings. The lowest BCUT2D eigenvalue weighted by Crippen LogP contribution is -1.91. The number of aldehydes is 1. The van der Waals surface area contributed by atoms with Gasteiger partial charge in [0.2, 0.25) is 0 Å². The summed E-state index contributed by atoms with van der Waals surface area (Å²) in [5.74, 6) is 0. The highest BCUT2D eigenvalue weighted by Gasteiger charge is 2.14. The van der Waals surface area contributed by atoms with Crippen LogP contribution in [0.5, 0.6) is 0 Å². The van der Waals surface area contributed by atoms with Crippen LogP contribution < -0.4 is 0 Å². The Morgan fingerprint density at radius 2 is 1.30 bits per heavy atom. The summed E-state index contributed by atoms with van der Waals surface area (Å²) < 4.78 is 0. The molecule has 2 nitrogen and oxygen atoms in total. The number of nitrogens with zero attached hydrogens (tertiary/aromatic N) is 1. The first-order chi connectivity index (χ1) is 11.4. The van der Waals surface area contributed by atoms with Crippen molar-refractivity contribution in [2.45, 2.75) is 9.92 Å². The maximum Gasteiger partial charge on any atom is 0.151 e. The number of fused-ring (bicyclic) bond motifs is 2. The highest BCUT2D eigenvalue weighted by atomic mass is 32.2. The topological polar surface area (TPSA) is 30.0 Å². The van der Waals surface area contributed by atoms with Crippen LogP contribution in [-0.4, -0.2) is 11.3 Å². The maximum atomic E-state index is 11.7. The smallest absolute Gasteiger partial charge is 0.151 e. The van der Waals surface area contributed by atoms with Gasteiger partial charge in [0, 0.05) is 16.7 Å². The molecule has 1 heterocycles. The molecular formula is C20H13NOS. The summed E-state index contributed by atoms with van der Waals surface area (Å²) in [6.07, 6.45) is 2.76. The average Bonchev–Trinajstić information content (AvgIpc) is 2.62. The lowest BCUT2D eigenvalue weighted by atomic mass is 9.97. The van der Waals surface area contributed by atoms with E-state index in [0.29, 0.717) is 0 Å². The van der Waals surface area contributed by atoms with E-state index in [1.807, 2.05) is 54.6 Å². The zero-order valence-electron chi connectivity index (χ0n) is 12.3. The van der Waals surface area contributed by atoms with Crippen LogP contribution in [0.2, 0.25) is 0 Å². The van der Waals surface area contributed by atoms with Crippen LogP contribution in [0.1, 0.15) is 10.4 Å². The third-order valence-electron chi connectivity index (χ3n) is 3.89. The number of carbonyl (C=O) groups excluding carboxylic acids is 1. The normalized spacial score (nSPS) is 11.0. The zero-order valence-corrected chi connectivity index (χ0v) is 13.1. The number of hydrogen-bond acceptors (Lipinski definition) is 3. The van der Waals surface area contributed by atoms with Gasteiger partial charge in [0.1, 0.15) is 5.03 Å². The predicted molar refractivity (Wildman–Crippen MR) is 95.2 cm³/mol. The van der Waals surface area contributed by atoms with Crippen LogP contribution in [-0.2, 0) is 0 Å². The summed E-state index contributed by atoms with van der Waals surface area (Å²) >= 11 is 1.64. The number of benzene rings is 3. The second-order valence-corrected chi connectivity index (χ2v) is 6.25. The Balaban J connectivity index is 2.10. The monoisotopic (exact) mass is 315 g/mol. The molecule has 0 N–H and O–H groups in total. The van der Waals surface area contributed by atoms with E-state index in [1.54, 1.807) is 18.0 Å². The molecule has 1 aromatic heterocycles. The minimum atomic E-state index is 0.751. The SMILES string of the molecule is O=Cc1c2ccccc2c(Sc2ccccn2)c2ccccc12. The van der Waals surface area contributed by atoms with Crippen molar-refractivity contribution in [3.05, 3.63) is 78.5 Å². The Bertz CT molecular complexity index is 955. The van der Waals surface area contributed by atoms with Gasteiger partial charge >= 0.3 is 0 Å². The average molecular weight is 315 g/mol. The number of hydrogen-bond donors (Lipinski definition) is 0. The number of aromatic nitrogens is 1. The zero-order chi connectivity index (χ0) is 15.6. The third-order valence-corrected chi connectivity index (χ3v) is 4.98. The number of rotatable bonds is 3. The second-order valence-electron chi connectivity index (χ2n) is 5.22. The second kappa shape index (κ2) is 5.86. The lowest BCUT2D eigenvalue weighted by Gasteiger charge is -2.13. The Hall–Kier alpha value is -2.65. The molecule has 110 valence electrons. The highest BCUT2D eigenvalue weighted by Crippen LogP contribution is 2.40. The van der Waals surface area contributed by atoms with Gasteiger partial charge in [-0.3, -0.25) is 4.79 Å².